The second-order valence-electron chi connectivity index (χ2n) is 3.92. The molecule has 0 rings (SSSR count). The predicted octanol–water partition coefficient (Wildman–Crippen LogP) is 1.78. The van der Waals surface area contributed by atoms with E-state index in [-0.39, 0.29) is 11.5 Å². The Morgan fingerprint density at radius 3 is 2.46 bits per heavy atom. The zero-order valence-electron chi connectivity index (χ0n) is 8.68. The molecule has 0 fully saturated rings. The van der Waals surface area contributed by atoms with Gasteiger partial charge in [0.05, 0.1) is 0 Å². The smallest absolute Gasteiger partial charge is 0.407 e. The minimum atomic E-state index is -0.435. The number of carbonyl (C=O) groups excluding carboxylic acids is 1. The van der Waals surface area contributed by atoms with Gasteiger partial charge in [-0.05, 0) is 5.41 Å². The first kappa shape index (κ1) is 11.8. The number of alkyl carbamates (subject to hydrolysis) is 1. The molecular formula is C10H17NO2. The third kappa shape index (κ3) is 4.41. The second kappa shape index (κ2) is 4.76. The molecule has 13 heavy (non-hydrogen) atoms. The Morgan fingerprint density at radius 2 is 2.15 bits per heavy atom. The molecule has 0 spiro atoms. The Morgan fingerprint density at radius 1 is 1.62 bits per heavy atom. The Hall–Kier alpha value is -1.17. The van der Waals surface area contributed by atoms with Gasteiger partial charge in [-0.1, -0.05) is 20.8 Å². The molecule has 0 saturated carbocycles. The summed E-state index contributed by atoms with van der Waals surface area (Å²) in [6.45, 7) is 5.95. The van der Waals surface area contributed by atoms with Crippen LogP contribution in [0.4, 0.5) is 4.79 Å². The van der Waals surface area contributed by atoms with Gasteiger partial charge in [0.2, 0.25) is 0 Å². The number of rotatable bonds is 2. The van der Waals surface area contributed by atoms with Gasteiger partial charge in [-0.25, -0.2) is 4.79 Å². The van der Waals surface area contributed by atoms with Crippen LogP contribution in [0.15, 0.2) is 0 Å². The van der Waals surface area contributed by atoms with Crippen molar-refractivity contribution in [2.75, 3.05) is 7.05 Å². The molecule has 0 radical (unpaired) electrons. The quantitative estimate of drug-likeness (QED) is 0.663. The van der Waals surface area contributed by atoms with Gasteiger partial charge in [0.1, 0.15) is 6.10 Å². The minimum absolute atomic E-state index is 0.126. The van der Waals surface area contributed by atoms with Gasteiger partial charge in [-0.15, -0.1) is 12.3 Å². The molecule has 0 aromatic rings. The first-order valence-corrected chi connectivity index (χ1v) is 4.23. The van der Waals surface area contributed by atoms with Crippen molar-refractivity contribution in [1.82, 2.24) is 5.32 Å². The number of nitrogens with one attached hydrogen (secondary N) is 1. The number of carbonyl (C=O) groups is 1. The van der Waals surface area contributed by atoms with Crippen LogP contribution in [-0.2, 0) is 4.74 Å². The SMILES string of the molecule is C#CCC(OC(=O)NC)C(C)(C)C. The summed E-state index contributed by atoms with van der Waals surface area (Å²) in [7, 11) is 1.53. The Kier molecular flexibility index (Phi) is 4.33. The normalized spacial score (nSPS) is 12.8. The predicted molar refractivity (Wildman–Crippen MR) is 52.2 cm³/mol. The summed E-state index contributed by atoms with van der Waals surface area (Å²) in [6.07, 6.45) is 4.95. The fraction of sp³-hybridized carbons (Fsp3) is 0.700. The summed E-state index contributed by atoms with van der Waals surface area (Å²) in [4.78, 5) is 10.9. The van der Waals surface area contributed by atoms with Crippen LogP contribution in [0.3, 0.4) is 0 Å². The minimum Gasteiger partial charge on any atom is -0.445 e. The highest BCUT2D eigenvalue weighted by molar-refractivity contribution is 5.66. The molecule has 0 aliphatic rings. The summed E-state index contributed by atoms with van der Waals surface area (Å²) >= 11 is 0. The Balaban J connectivity index is 4.28. The number of ether oxygens (including phenoxy) is 1. The zero-order valence-corrected chi connectivity index (χ0v) is 8.68. The average molecular weight is 183 g/mol. The third-order valence-corrected chi connectivity index (χ3v) is 1.72. The average Bonchev–Trinajstić information content (AvgIpc) is 2.01. The van der Waals surface area contributed by atoms with E-state index in [0.717, 1.165) is 0 Å². The third-order valence-electron chi connectivity index (χ3n) is 1.72. The van der Waals surface area contributed by atoms with Crippen molar-refractivity contribution in [2.24, 2.45) is 5.41 Å². The molecule has 0 heterocycles. The Bertz CT molecular complexity index is 210. The van der Waals surface area contributed by atoms with E-state index in [4.69, 9.17) is 11.2 Å². The highest BCUT2D eigenvalue weighted by Crippen LogP contribution is 2.24. The van der Waals surface area contributed by atoms with Gasteiger partial charge < -0.3 is 10.1 Å². The number of hydrogen-bond acceptors (Lipinski definition) is 2. The van der Waals surface area contributed by atoms with Crippen LogP contribution in [-0.4, -0.2) is 19.2 Å². The van der Waals surface area contributed by atoms with Gasteiger partial charge in [0.25, 0.3) is 0 Å². The van der Waals surface area contributed by atoms with E-state index in [2.05, 4.69) is 11.2 Å². The maximum atomic E-state index is 10.9. The first-order chi connectivity index (χ1) is 5.91. The van der Waals surface area contributed by atoms with E-state index < -0.39 is 6.09 Å². The second-order valence-corrected chi connectivity index (χ2v) is 3.92. The van der Waals surface area contributed by atoms with Gasteiger partial charge in [-0.3, -0.25) is 0 Å². The van der Waals surface area contributed by atoms with E-state index in [0.29, 0.717) is 6.42 Å². The van der Waals surface area contributed by atoms with Crippen molar-refractivity contribution >= 4 is 6.09 Å². The van der Waals surface area contributed by atoms with Gasteiger partial charge >= 0.3 is 6.09 Å². The van der Waals surface area contributed by atoms with Crippen molar-refractivity contribution in [3.8, 4) is 12.3 Å². The molecule has 0 aliphatic heterocycles. The highest BCUT2D eigenvalue weighted by atomic mass is 16.6. The lowest BCUT2D eigenvalue weighted by Gasteiger charge is -2.28. The van der Waals surface area contributed by atoms with Crippen LogP contribution >= 0.6 is 0 Å². The molecule has 0 saturated heterocycles. The summed E-state index contributed by atoms with van der Waals surface area (Å²) in [5, 5.41) is 2.40. The monoisotopic (exact) mass is 183 g/mol. The van der Waals surface area contributed by atoms with E-state index in [9.17, 15) is 4.79 Å². The molecule has 1 N–H and O–H groups in total. The molecule has 0 aliphatic carbocycles. The van der Waals surface area contributed by atoms with Crippen molar-refractivity contribution in [3.05, 3.63) is 0 Å². The topological polar surface area (TPSA) is 38.3 Å². The standard InChI is InChI=1S/C10H17NO2/c1-6-7-8(10(2,3)4)13-9(12)11-5/h1,8H,7H2,2-5H3,(H,11,12). The molecule has 74 valence electrons. The van der Waals surface area contributed by atoms with Crippen molar-refractivity contribution in [1.29, 1.82) is 0 Å². The van der Waals surface area contributed by atoms with E-state index in [1.165, 1.54) is 7.05 Å². The fourth-order valence-corrected chi connectivity index (χ4v) is 0.820. The van der Waals surface area contributed by atoms with Gasteiger partial charge in [0, 0.05) is 13.5 Å². The van der Waals surface area contributed by atoms with Crippen LogP contribution in [0.2, 0.25) is 0 Å². The van der Waals surface area contributed by atoms with Gasteiger partial charge in [0.15, 0.2) is 0 Å². The largest absolute Gasteiger partial charge is 0.445 e. The highest BCUT2D eigenvalue weighted by Gasteiger charge is 2.27. The number of terminal acetylenes is 1. The summed E-state index contributed by atoms with van der Waals surface area (Å²) in [6, 6.07) is 0. The van der Waals surface area contributed by atoms with Crippen LogP contribution in [0.1, 0.15) is 27.2 Å². The lowest BCUT2D eigenvalue weighted by atomic mass is 9.87. The van der Waals surface area contributed by atoms with Crippen LogP contribution in [0.25, 0.3) is 0 Å². The van der Waals surface area contributed by atoms with E-state index >= 15 is 0 Å². The maximum absolute atomic E-state index is 10.9. The summed E-state index contributed by atoms with van der Waals surface area (Å²) < 4.78 is 5.11. The molecule has 1 amide bonds. The molecule has 3 nitrogen and oxygen atoms in total. The zero-order chi connectivity index (χ0) is 10.5. The van der Waals surface area contributed by atoms with Crippen LogP contribution in [0, 0.1) is 17.8 Å². The first-order valence-electron chi connectivity index (χ1n) is 4.23. The van der Waals surface area contributed by atoms with Crippen molar-refractivity contribution in [3.63, 3.8) is 0 Å². The number of hydrogen-bond donors (Lipinski definition) is 1. The lowest BCUT2D eigenvalue weighted by molar-refractivity contribution is 0.0360. The fourth-order valence-electron chi connectivity index (χ4n) is 0.820. The summed E-state index contributed by atoms with van der Waals surface area (Å²) in [5.41, 5.74) is -0.126. The molecular weight excluding hydrogens is 166 g/mol. The molecule has 3 heteroatoms. The Labute approximate surface area is 79.8 Å². The number of amides is 1. The van der Waals surface area contributed by atoms with E-state index in [1.54, 1.807) is 0 Å². The van der Waals surface area contributed by atoms with Crippen LogP contribution in [0.5, 0.6) is 0 Å². The summed E-state index contributed by atoms with van der Waals surface area (Å²) in [5.74, 6) is 2.50. The lowest BCUT2D eigenvalue weighted by Crippen LogP contribution is -2.34. The molecule has 0 bridgehead atoms. The molecule has 0 aromatic heterocycles. The van der Waals surface area contributed by atoms with Crippen molar-refractivity contribution in [2.45, 2.75) is 33.3 Å². The molecule has 0 aromatic carbocycles. The molecule has 1 atom stereocenters. The van der Waals surface area contributed by atoms with Crippen molar-refractivity contribution < 1.29 is 9.53 Å². The van der Waals surface area contributed by atoms with E-state index in [1.807, 2.05) is 20.8 Å². The van der Waals surface area contributed by atoms with Gasteiger partial charge in [-0.2, -0.15) is 0 Å². The maximum Gasteiger partial charge on any atom is 0.407 e. The molecule has 1 unspecified atom stereocenters. The van der Waals surface area contributed by atoms with Crippen LogP contribution < -0.4 is 5.32 Å².